The van der Waals surface area contributed by atoms with E-state index in [1.54, 1.807) is 24.5 Å². The predicted octanol–water partition coefficient (Wildman–Crippen LogP) is 1.29. The van der Waals surface area contributed by atoms with Crippen LogP contribution in [0.5, 0.6) is 5.75 Å². The number of aryl methyl sites for hydroxylation is 1. The highest BCUT2D eigenvalue weighted by molar-refractivity contribution is 5.96. The summed E-state index contributed by atoms with van der Waals surface area (Å²) in [4.78, 5) is 15.4. The number of amides is 1. The number of imidazole rings is 1. The Bertz CT molecular complexity index is 561. The number of primary amides is 1. The van der Waals surface area contributed by atoms with Gasteiger partial charge in [-0.15, -0.1) is 0 Å². The lowest BCUT2D eigenvalue weighted by atomic mass is 10.1. The van der Waals surface area contributed by atoms with E-state index in [2.05, 4.69) is 4.98 Å². The first-order valence-electron chi connectivity index (χ1n) is 5.12. The van der Waals surface area contributed by atoms with E-state index in [1.807, 2.05) is 17.6 Å². The Kier molecular flexibility index (Phi) is 2.82. The van der Waals surface area contributed by atoms with E-state index in [9.17, 15) is 4.79 Å². The number of hydrogen-bond donors (Lipinski definition) is 1. The number of methoxy groups -OCH3 is 1. The van der Waals surface area contributed by atoms with E-state index in [0.29, 0.717) is 11.3 Å². The van der Waals surface area contributed by atoms with Gasteiger partial charge in [0.05, 0.1) is 18.4 Å². The van der Waals surface area contributed by atoms with Gasteiger partial charge in [0.2, 0.25) is 0 Å². The third-order valence-electron chi connectivity index (χ3n) is 2.55. The first kappa shape index (κ1) is 11.2. The van der Waals surface area contributed by atoms with Gasteiger partial charge in [0.25, 0.3) is 5.91 Å². The highest BCUT2D eigenvalue weighted by Gasteiger charge is 2.15. The van der Waals surface area contributed by atoms with Crippen molar-refractivity contribution in [2.24, 2.45) is 5.73 Å². The van der Waals surface area contributed by atoms with Crippen molar-refractivity contribution in [2.75, 3.05) is 7.11 Å². The molecule has 88 valence electrons. The SMILES string of the molecule is COc1c(C(N)=O)cccc1-n1ccnc1C. The van der Waals surface area contributed by atoms with Gasteiger partial charge in [-0.1, -0.05) is 6.07 Å². The van der Waals surface area contributed by atoms with Crippen molar-refractivity contribution in [3.05, 3.63) is 42.0 Å². The molecule has 0 saturated carbocycles. The van der Waals surface area contributed by atoms with Crippen LogP contribution in [-0.4, -0.2) is 22.6 Å². The van der Waals surface area contributed by atoms with Crippen molar-refractivity contribution in [3.63, 3.8) is 0 Å². The van der Waals surface area contributed by atoms with Gasteiger partial charge in [0, 0.05) is 12.4 Å². The number of rotatable bonds is 3. The molecule has 0 aliphatic heterocycles. The summed E-state index contributed by atoms with van der Waals surface area (Å²) in [7, 11) is 1.51. The lowest BCUT2D eigenvalue weighted by molar-refractivity contribution is 0.0997. The Morgan fingerprint density at radius 3 is 2.76 bits per heavy atom. The summed E-state index contributed by atoms with van der Waals surface area (Å²) in [5.74, 6) is 0.757. The molecular formula is C12H13N3O2. The Balaban J connectivity index is 2.67. The van der Waals surface area contributed by atoms with Gasteiger partial charge in [0.1, 0.15) is 5.82 Å². The molecule has 0 bridgehead atoms. The molecule has 2 N–H and O–H groups in total. The highest BCUT2D eigenvalue weighted by atomic mass is 16.5. The second-order valence-corrected chi connectivity index (χ2v) is 3.57. The van der Waals surface area contributed by atoms with E-state index < -0.39 is 5.91 Å². The number of ether oxygens (including phenoxy) is 1. The zero-order chi connectivity index (χ0) is 12.4. The molecule has 17 heavy (non-hydrogen) atoms. The normalized spacial score (nSPS) is 10.2. The van der Waals surface area contributed by atoms with E-state index in [-0.39, 0.29) is 0 Å². The van der Waals surface area contributed by atoms with Crippen molar-refractivity contribution in [2.45, 2.75) is 6.92 Å². The van der Waals surface area contributed by atoms with Gasteiger partial charge in [-0.05, 0) is 19.1 Å². The third kappa shape index (κ3) is 1.87. The van der Waals surface area contributed by atoms with Gasteiger partial charge >= 0.3 is 0 Å². The lowest BCUT2D eigenvalue weighted by Gasteiger charge is -2.13. The first-order valence-corrected chi connectivity index (χ1v) is 5.12. The van der Waals surface area contributed by atoms with Crippen molar-refractivity contribution in [1.29, 1.82) is 0 Å². The number of para-hydroxylation sites is 1. The van der Waals surface area contributed by atoms with E-state index >= 15 is 0 Å². The number of benzene rings is 1. The minimum absolute atomic E-state index is 0.359. The zero-order valence-corrected chi connectivity index (χ0v) is 9.68. The van der Waals surface area contributed by atoms with E-state index in [0.717, 1.165) is 11.5 Å². The molecule has 2 aromatic rings. The lowest BCUT2D eigenvalue weighted by Crippen LogP contribution is -2.14. The summed E-state index contributed by atoms with van der Waals surface area (Å²) >= 11 is 0. The van der Waals surface area contributed by atoms with Crippen molar-refractivity contribution >= 4 is 5.91 Å². The van der Waals surface area contributed by atoms with Crippen LogP contribution in [0.4, 0.5) is 0 Å². The van der Waals surface area contributed by atoms with E-state index in [4.69, 9.17) is 10.5 Å². The Morgan fingerprint density at radius 1 is 1.47 bits per heavy atom. The molecule has 0 unspecified atom stereocenters. The third-order valence-corrected chi connectivity index (χ3v) is 2.55. The second-order valence-electron chi connectivity index (χ2n) is 3.57. The fourth-order valence-electron chi connectivity index (χ4n) is 1.76. The Labute approximate surface area is 98.8 Å². The van der Waals surface area contributed by atoms with Crippen LogP contribution in [0.1, 0.15) is 16.2 Å². The maximum absolute atomic E-state index is 11.3. The molecule has 1 amide bonds. The van der Waals surface area contributed by atoms with Crippen molar-refractivity contribution in [1.82, 2.24) is 9.55 Å². The molecule has 1 aromatic carbocycles. The number of nitrogens with two attached hydrogens (primary N) is 1. The average molecular weight is 231 g/mol. The molecule has 0 aliphatic carbocycles. The van der Waals surface area contributed by atoms with Crippen LogP contribution in [0.2, 0.25) is 0 Å². The molecule has 2 rings (SSSR count). The smallest absolute Gasteiger partial charge is 0.252 e. The van der Waals surface area contributed by atoms with Gasteiger partial charge < -0.3 is 15.0 Å². The summed E-state index contributed by atoms with van der Waals surface area (Å²) < 4.78 is 7.11. The number of carbonyl (C=O) groups is 1. The molecule has 0 atom stereocenters. The molecular weight excluding hydrogens is 218 g/mol. The number of hydrogen-bond acceptors (Lipinski definition) is 3. The average Bonchev–Trinajstić information content (AvgIpc) is 2.74. The van der Waals surface area contributed by atoms with Crippen LogP contribution in [-0.2, 0) is 0 Å². The van der Waals surface area contributed by atoms with E-state index in [1.165, 1.54) is 7.11 Å². The van der Waals surface area contributed by atoms with Crippen LogP contribution in [0, 0.1) is 6.92 Å². The summed E-state index contributed by atoms with van der Waals surface area (Å²) in [5.41, 5.74) is 6.41. The fourth-order valence-corrected chi connectivity index (χ4v) is 1.76. The molecule has 0 spiro atoms. The first-order chi connectivity index (χ1) is 8.15. The van der Waals surface area contributed by atoms with Gasteiger partial charge in [-0.3, -0.25) is 4.79 Å². The number of carbonyl (C=O) groups excluding carboxylic acids is 1. The molecule has 0 radical (unpaired) electrons. The summed E-state index contributed by atoms with van der Waals surface area (Å²) in [6.45, 7) is 1.87. The maximum atomic E-state index is 11.3. The number of nitrogens with zero attached hydrogens (tertiary/aromatic N) is 2. The number of aromatic nitrogens is 2. The largest absolute Gasteiger partial charge is 0.494 e. The van der Waals surface area contributed by atoms with Crippen molar-refractivity contribution < 1.29 is 9.53 Å². The minimum Gasteiger partial charge on any atom is -0.494 e. The van der Waals surface area contributed by atoms with Crippen molar-refractivity contribution in [3.8, 4) is 11.4 Å². The second kappa shape index (κ2) is 4.29. The maximum Gasteiger partial charge on any atom is 0.252 e. The predicted molar refractivity (Wildman–Crippen MR) is 63.4 cm³/mol. The van der Waals surface area contributed by atoms with Crippen LogP contribution in [0.15, 0.2) is 30.6 Å². The van der Waals surface area contributed by atoms with Crippen LogP contribution >= 0.6 is 0 Å². The zero-order valence-electron chi connectivity index (χ0n) is 9.68. The Morgan fingerprint density at radius 2 is 2.24 bits per heavy atom. The minimum atomic E-state index is -0.513. The molecule has 1 aromatic heterocycles. The quantitative estimate of drug-likeness (QED) is 0.865. The summed E-state index contributed by atoms with van der Waals surface area (Å²) in [6.07, 6.45) is 3.49. The summed E-state index contributed by atoms with van der Waals surface area (Å²) in [6, 6.07) is 5.24. The fraction of sp³-hybridized carbons (Fsp3) is 0.167. The monoisotopic (exact) mass is 231 g/mol. The molecule has 5 heteroatoms. The molecule has 0 fully saturated rings. The molecule has 1 heterocycles. The van der Waals surface area contributed by atoms with Crippen LogP contribution in [0.25, 0.3) is 5.69 Å². The Hall–Kier alpha value is -2.30. The van der Waals surface area contributed by atoms with Gasteiger partial charge in [-0.25, -0.2) is 4.98 Å². The summed E-state index contributed by atoms with van der Waals surface area (Å²) in [5, 5.41) is 0. The van der Waals surface area contributed by atoms with Crippen LogP contribution < -0.4 is 10.5 Å². The van der Waals surface area contributed by atoms with Gasteiger partial charge in [0.15, 0.2) is 5.75 Å². The highest BCUT2D eigenvalue weighted by Crippen LogP contribution is 2.27. The molecule has 0 aliphatic rings. The topological polar surface area (TPSA) is 70.1 Å². The van der Waals surface area contributed by atoms with Crippen LogP contribution in [0.3, 0.4) is 0 Å². The van der Waals surface area contributed by atoms with Gasteiger partial charge in [-0.2, -0.15) is 0 Å². The standard InChI is InChI=1S/C12H13N3O2/c1-8-14-6-7-15(8)10-5-3-4-9(12(13)16)11(10)17-2/h3-7H,1-2H3,(H2,13,16). The molecule has 5 nitrogen and oxygen atoms in total. The molecule has 0 saturated heterocycles.